The first-order valence-electron chi connectivity index (χ1n) is 16.2. The zero-order valence-corrected chi connectivity index (χ0v) is 27.8. The van der Waals surface area contributed by atoms with Gasteiger partial charge in [-0.15, -0.1) is 11.3 Å². The zero-order chi connectivity index (χ0) is 33.5. The molecule has 0 radical (unpaired) electrons. The molecule has 0 spiro atoms. The van der Waals surface area contributed by atoms with Gasteiger partial charge < -0.3 is 19.5 Å². The molecule has 47 heavy (non-hydrogen) atoms. The second-order valence-corrected chi connectivity index (χ2v) is 14.5. The summed E-state index contributed by atoms with van der Waals surface area (Å²) in [7, 11) is 0. The van der Waals surface area contributed by atoms with Crippen molar-refractivity contribution < 1.29 is 27.6 Å². The van der Waals surface area contributed by atoms with Gasteiger partial charge in [0.2, 0.25) is 0 Å². The maximum Gasteiger partial charge on any atom is 0.407 e. The lowest BCUT2D eigenvalue weighted by Crippen LogP contribution is -2.52. The number of nitrogens with zero attached hydrogens (tertiary/aromatic N) is 3. The molecule has 2 saturated heterocycles. The summed E-state index contributed by atoms with van der Waals surface area (Å²) >= 11 is 1.15. The first-order valence-corrected chi connectivity index (χ1v) is 17.0. The van der Waals surface area contributed by atoms with Crippen LogP contribution in [0.3, 0.4) is 0 Å². The van der Waals surface area contributed by atoms with Crippen molar-refractivity contribution in [3.63, 3.8) is 0 Å². The molecule has 2 atom stereocenters. The lowest BCUT2D eigenvalue weighted by Gasteiger charge is -2.39. The van der Waals surface area contributed by atoms with Gasteiger partial charge in [0.25, 0.3) is 5.91 Å². The van der Waals surface area contributed by atoms with Crippen LogP contribution >= 0.6 is 11.3 Å². The minimum atomic E-state index is -0.699. The summed E-state index contributed by atoms with van der Waals surface area (Å²) in [6.45, 7) is 7.55. The summed E-state index contributed by atoms with van der Waals surface area (Å²) in [5.41, 5.74) is 1.55. The van der Waals surface area contributed by atoms with Crippen molar-refractivity contribution in [1.29, 1.82) is 5.26 Å². The number of aromatic nitrogens is 1. The van der Waals surface area contributed by atoms with E-state index >= 15 is 4.39 Å². The largest absolute Gasteiger partial charge is 0.444 e. The summed E-state index contributed by atoms with van der Waals surface area (Å²) in [5.74, 6) is -1.38. The fourth-order valence-corrected chi connectivity index (χ4v) is 7.96. The van der Waals surface area contributed by atoms with Crippen LogP contribution in [-0.4, -0.2) is 45.8 Å². The highest BCUT2D eigenvalue weighted by atomic mass is 32.1. The number of hydrogen-bond acceptors (Lipinski definition) is 7. The number of benzene rings is 2. The summed E-state index contributed by atoms with van der Waals surface area (Å²) in [5, 5.41) is 17.1. The van der Waals surface area contributed by atoms with Gasteiger partial charge in [-0.25, -0.2) is 13.6 Å². The van der Waals surface area contributed by atoms with Gasteiger partial charge in [-0.05, 0) is 95.2 Å². The van der Waals surface area contributed by atoms with Gasteiger partial charge in [-0.2, -0.15) is 5.26 Å². The van der Waals surface area contributed by atoms with Crippen LogP contribution in [0.5, 0.6) is 0 Å². The van der Waals surface area contributed by atoms with Crippen molar-refractivity contribution in [2.24, 2.45) is 0 Å². The van der Waals surface area contributed by atoms with Gasteiger partial charge in [-0.1, -0.05) is 31.0 Å². The normalized spacial score (nSPS) is 19.2. The minimum Gasteiger partial charge on any atom is -0.444 e. The van der Waals surface area contributed by atoms with Crippen molar-refractivity contribution in [2.75, 3.05) is 0 Å². The van der Waals surface area contributed by atoms with E-state index < -0.39 is 23.3 Å². The number of amides is 2. The summed E-state index contributed by atoms with van der Waals surface area (Å²) < 4.78 is 41.9. The Bertz CT molecular complexity index is 1860. The molecule has 2 aromatic heterocycles. The van der Waals surface area contributed by atoms with Crippen LogP contribution < -0.4 is 5.32 Å². The number of alkyl carbamates (subject to hydrolysis) is 1. The van der Waals surface area contributed by atoms with Crippen molar-refractivity contribution in [1.82, 2.24) is 15.4 Å². The molecule has 4 heterocycles. The molecule has 2 aromatic carbocycles. The van der Waals surface area contributed by atoms with Crippen LogP contribution in [0.15, 0.2) is 40.9 Å². The van der Waals surface area contributed by atoms with Gasteiger partial charge >= 0.3 is 6.09 Å². The highest BCUT2D eigenvalue weighted by Crippen LogP contribution is 2.44. The molecule has 2 fully saturated rings. The number of hydrogen-bond donors (Lipinski definition) is 1. The second kappa shape index (κ2) is 13.1. The number of fused-ring (bicyclic) bond motifs is 3. The Morgan fingerprint density at radius 3 is 2.49 bits per heavy atom. The molecule has 8 nitrogen and oxygen atoms in total. The van der Waals surface area contributed by atoms with E-state index in [2.05, 4.69) is 17.4 Å². The third-order valence-corrected chi connectivity index (χ3v) is 10.1. The first kappa shape index (κ1) is 32.6. The van der Waals surface area contributed by atoms with Crippen LogP contribution in [0.1, 0.15) is 93.6 Å². The van der Waals surface area contributed by atoms with E-state index in [1.54, 1.807) is 18.2 Å². The molecule has 11 heteroatoms. The molecular formula is C36H38F2N4O4S. The lowest BCUT2D eigenvalue weighted by atomic mass is 9.96. The molecule has 0 aliphatic carbocycles. The van der Waals surface area contributed by atoms with Gasteiger partial charge in [0.1, 0.15) is 23.3 Å². The predicted molar refractivity (Wildman–Crippen MR) is 176 cm³/mol. The van der Waals surface area contributed by atoms with Crippen LogP contribution in [0.25, 0.3) is 32.5 Å². The van der Waals surface area contributed by atoms with E-state index in [9.17, 15) is 19.2 Å². The molecule has 6 rings (SSSR count). The number of rotatable bonds is 8. The fourth-order valence-electron chi connectivity index (χ4n) is 6.82. The molecule has 246 valence electrons. The summed E-state index contributed by atoms with van der Waals surface area (Å²) in [6, 6.07) is 10.5. The monoisotopic (exact) mass is 660 g/mol. The first-order chi connectivity index (χ1) is 22.5. The third-order valence-electron chi connectivity index (χ3n) is 8.93. The van der Waals surface area contributed by atoms with E-state index in [0.717, 1.165) is 43.4 Å². The van der Waals surface area contributed by atoms with Crippen molar-refractivity contribution in [2.45, 2.75) is 103 Å². The van der Waals surface area contributed by atoms with Crippen molar-refractivity contribution in [3.05, 3.63) is 64.2 Å². The number of halogens is 2. The number of nitrogens with one attached hydrogen (secondary N) is 1. The van der Waals surface area contributed by atoms with Crippen molar-refractivity contribution in [3.8, 4) is 27.6 Å². The topological polar surface area (TPSA) is 108 Å². The highest BCUT2D eigenvalue weighted by molar-refractivity contribution is 7.18. The van der Waals surface area contributed by atoms with Crippen LogP contribution in [0.2, 0.25) is 0 Å². The smallest absolute Gasteiger partial charge is 0.407 e. The Morgan fingerprint density at radius 1 is 1.09 bits per heavy atom. The van der Waals surface area contributed by atoms with E-state index in [0.29, 0.717) is 56.8 Å². The number of carbonyl (C=O) groups excluding carboxylic acids is 2. The predicted octanol–water partition coefficient (Wildman–Crippen LogP) is 8.77. The number of carbonyl (C=O) groups is 2. The summed E-state index contributed by atoms with van der Waals surface area (Å²) in [6.07, 6.45) is 6.04. The van der Waals surface area contributed by atoms with Crippen LogP contribution in [-0.2, 0) is 11.2 Å². The maximum atomic E-state index is 16.0. The van der Waals surface area contributed by atoms with E-state index in [-0.39, 0.29) is 35.2 Å². The lowest BCUT2D eigenvalue weighted by molar-refractivity contribution is 0.0419. The number of thiophene rings is 1. The number of ether oxygens (including phenoxy) is 1. The van der Waals surface area contributed by atoms with Gasteiger partial charge in [0.05, 0.1) is 16.1 Å². The van der Waals surface area contributed by atoms with Gasteiger partial charge in [0.15, 0.2) is 5.58 Å². The van der Waals surface area contributed by atoms with Crippen molar-refractivity contribution >= 4 is 34.3 Å². The van der Waals surface area contributed by atoms with E-state index in [1.807, 2.05) is 31.7 Å². The highest BCUT2D eigenvalue weighted by Gasteiger charge is 2.44. The molecule has 2 unspecified atom stereocenters. The Kier molecular flexibility index (Phi) is 9.07. The van der Waals surface area contributed by atoms with Gasteiger partial charge in [-0.3, -0.25) is 4.79 Å². The quantitative estimate of drug-likeness (QED) is 0.189. The van der Waals surface area contributed by atoms with Gasteiger partial charge in [0, 0.05) is 39.5 Å². The number of piperidine rings is 1. The number of nitriles is 1. The van der Waals surface area contributed by atoms with E-state index in [4.69, 9.17) is 9.26 Å². The number of unbranched alkanes of at least 4 members (excludes halogenated alkanes) is 2. The number of aryl methyl sites for hydroxylation is 1. The standard InChI is InChI=1S/C36H38F2N4O4S/c1-5-6-7-8-30-27-16-29(38)26(17-31(27)46-41-30)33-25(20-9-10-21(19-39)28(37)13-20)18-32(47-33)34(43)42-23-11-12-24(42)15-22(14-23)40-35(44)45-36(2,3)4/h9-10,13,16-18,22-24H,5-8,11-12,14-15H2,1-4H3,(H,40,44). The Morgan fingerprint density at radius 2 is 1.83 bits per heavy atom. The molecule has 2 amide bonds. The molecule has 2 bridgehead atoms. The molecule has 2 aliphatic rings. The zero-order valence-electron chi connectivity index (χ0n) is 27.0. The average molecular weight is 661 g/mol. The molecule has 1 N–H and O–H groups in total. The van der Waals surface area contributed by atoms with E-state index in [1.165, 1.54) is 18.2 Å². The molecule has 4 aromatic rings. The third kappa shape index (κ3) is 6.75. The molecular weight excluding hydrogens is 622 g/mol. The Labute approximate surface area is 276 Å². The SMILES string of the molecule is CCCCCc1noc2cc(-c3sc(C(=O)N4C5CCC4CC(NC(=O)OC(C)(C)C)C5)cc3-c3ccc(C#N)c(F)c3)c(F)cc12. The minimum absolute atomic E-state index is 0.0732. The van der Waals surface area contributed by atoms with Crippen LogP contribution in [0, 0.1) is 23.0 Å². The maximum absolute atomic E-state index is 16.0. The molecule has 2 aliphatic heterocycles. The molecule has 0 saturated carbocycles. The fraction of sp³-hybridized carbons (Fsp3) is 0.444. The Balaban J connectivity index is 1.33. The van der Waals surface area contributed by atoms with Crippen LogP contribution in [0.4, 0.5) is 13.6 Å². The second-order valence-electron chi connectivity index (χ2n) is 13.5. The Hall–Kier alpha value is -4.30. The average Bonchev–Trinajstić information content (AvgIpc) is 3.69. The summed E-state index contributed by atoms with van der Waals surface area (Å²) in [4.78, 5) is 29.4.